The summed E-state index contributed by atoms with van der Waals surface area (Å²) in [6, 6.07) is 13.7. The Bertz CT molecular complexity index is 878. The fourth-order valence-electron chi connectivity index (χ4n) is 2.97. The first-order valence-corrected chi connectivity index (χ1v) is 8.75. The van der Waals surface area contributed by atoms with Crippen LogP contribution < -0.4 is 15.4 Å². The minimum atomic E-state index is -0.434. The van der Waals surface area contributed by atoms with Crippen LogP contribution in [0.5, 0.6) is 11.5 Å². The molecule has 2 aromatic carbocycles. The molecule has 0 spiro atoms. The molecule has 0 aliphatic carbocycles. The molecule has 5 nitrogen and oxygen atoms in total. The Morgan fingerprint density at radius 1 is 1.23 bits per heavy atom. The van der Waals surface area contributed by atoms with Crippen LogP contribution in [0.1, 0.15) is 35.8 Å². The quantitative estimate of drug-likeness (QED) is 0.555. The number of allylic oxidation sites excluding steroid dienone is 1. The lowest BCUT2D eigenvalue weighted by Gasteiger charge is -2.30. The Kier molecular flexibility index (Phi) is 5.23. The van der Waals surface area contributed by atoms with Crippen LogP contribution in [-0.4, -0.2) is 22.6 Å². The average molecular weight is 368 g/mol. The Labute approximate surface area is 157 Å². The Hall–Kier alpha value is -2.86. The molecule has 1 aliphatic rings. The van der Waals surface area contributed by atoms with Crippen LogP contribution in [0.3, 0.4) is 0 Å². The highest BCUT2D eigenvalue weighted by atomic mass is 32.1. The molecule has 26 heavy (non-hydrogen) atoms. The number of phenols is 1. The number of benzene rings is 2. The molecule has 1 aliphatic heterocycles. The molecule has 2 aromatic rings. The zero-order valence-electron chi connectivity index (χ0n) is 14.6. The number of ketones is 1. The molecule has 6 heteroatoms. The van der Waals surface area contributed by atoms with Crippen molar-refractivity contribution in [2.24, 2.45) is 0 Å². The van der Waals surface area contributed by atoms with E-state index in [0.29, 0.717) is 34.3 Å². The van der Waals surface area contributed by atoms with E-state index >= 15 is 0 Å². The third-order valence-electron chi connectivity index (χ3n) is 4.17. The summed E-state index contributed by atoms with van der Waals surface area (Å²) in [7, 11) is 0. The highest BCUT2D eigenvalue weighted by Crippen LogP contribution is 2.34. The van der Waals surface area contributed by atoms with E-state index in [4.69, 9.17) is 17.0 Å². The number of phenolic OH excluding ortho intramolecular Hbond substituents is 1. The number of rotatable bonds is 5. The van der Waals surface area contributed by atoms with Gasteiger partial charge in [-0.3, -0.25) is 4.79 Å². The van der Waals surface area contributed by atoms with Crippen LogP contribution in [-0.2, 0) is 0 Å². The van der Waals surface area contributed by atoms with E-state index in [0.717, 1.165) is 5.56 Å². The van der Waals surface area contributed by atoms with Crippen LogP contribution in [0.2, 0.25) is 0 Å². The minimum Gasteiger partial charge on any atom is -0.504 e. The summed E-state index contributed by atoms with van der Waals surface area (Å²) in [5.74, 6) is 0.353. The lowest BCUT2D eigenvalue weighted by Crippen LogP contribution is -2.44. The van der Waals surface area contributed by atoms with Gasteiger partial charge < -0.3 is 20.5 Å². The second kappa shape index (κ2) is 7.58. The number of thiocarbonyl (C=S) groups is 1. The van der Waals surface area contributed by atoms with E-state index in [-0.39, 0.29) is 11.5 Å². The zero-order valence-corrected chi connectivity index (χ0v) is 15.4. The second-order valence-electron chi connectivity index (χ2n) is 5.93. The predicted octanol–water partition coefficient (Wildman–Crippen LogP) is 3.47. The predicted molar refractivity (Wildman–Crippen MR) is 104 cm³/mol. The van der Waals surface area contributed by atoms with Gasteiger partial charge in [0.2, 0.25) is 0 Å². The highest BCUT2D eigenvalue weighted by molar-refractivity contribution is 7.80. The minimum absolute atomic E-state index is 0.0590. The van der Waals surface area contributed by atoms with Crippen molar-refractivity contribution >= 4 is 23.1 Å². The molecule has 0 amide bonds. The van der Waals surface area contributed by atoms with E-state index in [1.54, 1.807) is 30.3 Å². The fourth-order valence-corrected chi connectivity index (χ4v) is 3.24. The van der Waals surface area contributed by atoms with Gasteiger partial charge in [0, 0.05) is 16.8 Å². The number of aromatic hydroxyl groups is 1. The van der Waals surface area contributed by atoms with Crippen LogP contribution in [0, 0.1) is 0 Å². The number of hydrogen-bond acceptors (Lipinski definition) is 4. The van der Waals surface area contributed by atoms with Crippen molar-refractivity contribution in [2.75, 3.05) is 6.61 Å². The van der Waals surface area contributed by atoms with Gasteiger partial charge in [0.15, 0.2) is 22.4 Å². The first-order valence-electron chi connectivity index (χ1n) is 8.35. The Morgan fingerprint density at radius 3 is 2.65 bits per heavy atom. The van der Waals surface area contributed by atoms with Crippen LogP contribution in [0.25, 0.3) is 0 Å². The monoisotopic (exact) mass is 368 g/mol. The maximum atomic E-state index is 13.1. The molecule has 0 fully saturated rings. The van der Waals surface area contributed by atoms with E-state index in [2.05, 4.69) is 10.6 Å². The number of carbonyl (C=O) groups excluding carboxylic acids is 1. The topological polar surface area (TPSA) is 70.6 Å². The summed E-state index contributed by atoms with van der Waals surface area (Å²) < 4.78 is 5.47. The van der Waals surface area contributed by atoms with Gasteiger partial charge in [-0.2, -0.15) is 0 Å². The van der Waals surface area contributed by atoms with Crippen LogP contribution in [0.15, 0.2) is 59.8 Å². The molecule has 134 valence electrons. The van der Waals surface area contributed by atoms with Crippen molar-refractivity contribution in [3.63, 3.8) is 0 Å². The molecular weight excluding hydrogens is 348 g/mol. The molecule has 0 saturated heterocycles. The van der Waals surface area contributed by atoms with Crippen molar-refractivity contribution in [1.29, 1.82) is 0 Å². The largest absolute Gasteiger partial charge is 0.504 e. The summed E-state index contributed by atoms with van der Waals surface area (Å²) in [5, 5.41) is 16.6. The van der Waals surface area contributed by atoms with Crippen LogP contribution >= 0.6 is 12.2 Å². The van der Waals surface area contributed by atoms with Crippen molar-refractivity contribution in [2.45, 2.75) is 19.9 Å². The van der Waals surface area contributed by atoms with E-state index in [9.17, 15) is 9.90 Å². The van der Waals surface area contributed by atoms with Gasteiger partial charge in [-0.25, -0.2) is 0 Å². The number of carbonyl (C=O) groups is 1. The molecule has 0 aromatic heterocycles. The summed E-state index contributed by atoms with van der Waals surface area (Å²) >= 11 is 5.28. The number of nitrogens with one attached hydrogen (secondary N) is 2. The Balaban J connectivity index is 2.06. The third-order valence-corrected chi connectivity index (χ3v) is 4.39. The Morgan fingerprint density at radius 2 is 1.96 bits per heavy atom. The zero-order chi connectivity index (χ0) is 18.7. The van der Waals surface area contributed by atoms with E-state index in [1.165, 1.54) is 0 Å². The number of ether oxygens (including phenoxy) is 1. The SMILES string of the molecule is CCOc1cc(C2NC(=S)NC(C)=C2C(=O)c2ccccc2)ccc1O. The van der Waals surface area contributed by atoms with E-state index in [1.807, 2.05) is 32.0 Å². The second-order valence-corrected chi connectivity index (χ2v) is 6.33. The number of hydrogen-bond donors (Lipinski definition) is 3. The molecule has 3 rings (SSSR count). The van der Waals surface area contributed by atoms with E-state index < -0.39 is 6.04 Å². The smallest absolute Gasteiger partial charge is 0.193 e. The van der Waals surface area contributed by atoms with Gasteiger partial charge in [0.05, 0.1) is 12.6 Å². The molecule has 3 N–H and O–H groups in total. The van der Waals surface area contributed by atoms with Gasteiger partial charge in [0.1, 0.15) is 0 Å². The molecule has 0 saturated carbocycles. The average Bonchev–Trinajstić information content (AvgIpc) is 2.63. The van der Waals surface area contributed by atoms with Crippen molar-refractivity contribution in [3.8, 4) is 11.5 Å². The fraction of sp³-hybridized carbons (Fsp3) is 0.200. The molecule has 1 unspecified atom stereocenters. The lowest BCUT2D eigenvalue weighted by atomic mass is 9.89. The molecule has 0 radical (unpaired) electrons. The van der Waals surface area contributed by atoms with Crippen LogP contribution in [0.4, 0.5) is 0 Å². The summed E-state index contributed by atoms with van der Waals surface area (Å²) in [6.07, 6.45) is 0. The molecule has 1 heterocycles. The van der Waals surface area contributed by atoms with Gasteiger partial charge in [0.25, 0.3) is 0 Å². The lowest BCUT2D eigenvalue weighted by molar-refractivity contribution is 0.102. The first kappa shape index (κ1) is 17.9. The first-order chi connectivity index (χ1) is 12.5. The molecule has 0 bridgehead atoms. The summed E-state index contributed by atoms with van der Waals surface area (Å²) in [6.45, 7) is 4.11. The highest BCUT2D eigenvalue weighted by Gasteiger charge is 2.30. The molecular formula is C20H20N2O3S. The molecule has 1 atom stereocenters. The third kappa shape index (κ3) is 3.55. The summed E-state index contributed by atoms with van der Waals surface area (Å²) in [5.41, 5.74) is 2.68. The van der Waals surface area contributed by atoms with Crippen molar-refractivity contribution in [1.82, 2.24) is 10.6 Å². The van der Waals surface area contributed by atoms with Gasteiger partial charge in [-0.15, -0.1) is 0 Å². The van der Waals surface area contributed by atoms with Crippen molar-refractivity contribution in [3.05, 3.63) is 70.9 Å². The van der Waals surface area contributed by atoms with Gasteiger partial charge in [-0.05, 0) is 43.8 Å². The van der Waals surface area contributed by atoms with Gasteiger partial charge >= 0.3 is 0 Å². The number of Topliss-reactive ketones (excluding diaryl/α,β-unsaturated/α-hetero) is 1. The van der Waals surface area contributed by atoms with Gasteiger partial charge in [-0.1, -0.05) is 36.4 Å². The standard InChI is InChI=1S/C20H20N2O3S/c1-3-25-16-11-14(9-10-15(16)23)18-17(12(2)21-20(26)22-18)19(24)13-7-5-4-6-8-13/h4-11,18,23H,3H2,1-2H3,(H2,21,22,26). The maximum Gasteiger partial charge on any atom is 0.193 e. The normalized spacial score (nSPS) is 16.7. The van der Waals surface area contributed by atoms with Crippen molar-refractivity contribution < 1.29 is 14.6 Å². The summed E-state index contributed by atoms with van der Waals surface area (Å²) in [4.78, 5) is 13.1. The maximum absolute atomic E-state index is 13.1.